The number of hydrogen-bond acceptors (Lipinski definition) is 3. The molecule has 0 aliphatic heterocycles. The third-order valence-corrected chi connectivity index (χ3v) is 4.70. The third kappa shape index (κ3) is 5.77. The van der Waals surface area contributed by atoms with Crippen LogP contribution < -0.4 is 10.1 Å². The first kappa shape index (κ1) is 20.3. The van der Waals surface area contributed by atoms with Crippen molar-refractivity contribution >= 4 is 46.3 Å². The van der Waals surface area contributed by atoms with Crippen molar-refractivity contribution in [1.29, 1.82) is 0 Å². The Morgan fingerprint density at radius 3 is 2.43 bits per heavy atom. The van der Waals surface area contributed by atoms with Crippen LogP contribution in [0.25, 0.3) is 0 Å². The quantitative estimate of drug-likeness (QED) is 0.321. The monoisotopic (exact) mass is 431 g/mol. The molecule has 0 amide bonds. The van der Waals surface area contributed by atoms with Crippen molar-refractivity contribution in [2.45, 2.75) is 6.61 Å². The van der Waals surface area contributed by atoms with E-state index >= 15 is 0 Å². The van der Waals surface area contributed by atoms with Gasteiger partial charge in [-0.25, -0.2) is 0 Å². The Morgan fingerprint density at radius 1 is 0.929 bits per heavy atom. The minimum absolute atomic E-state index is 0.142. The standard InChI is InChI=1S/C22H16Cl3NO2/c23-17-6-8-19(9-7-17)26-11-10-22(27)15-2-1-3-20(12-15)28-14-16-4-5-18(24)13-21(16)25/h1-13,26H,14H2/b11-10+. The van der Waals surface area contributed by atoms with Crippen molar-refractivity contribution in [3.8, 4) is 5.75 Å². The van der Waals surface area contributed by atoms with E-state index in [0.29, 0.717) is 26.4 Å². The molecule has 0 saturated heterocycles. The van der Waals surface area contributed by atoms with E-state index in [9.17, 15) is 4.79 Å². The maximum Gasteiger partial charge on any atom is 0.187 e. The van der Waals surface area contributed by atoms with Crippen LogP contribution in [0.2, 0.25) is 15.1 Å². The Morgan fingerprint density at radius 2 is 1.68 bits per heavy atom. The molecule has 0 aromatic heterocycles. The van der Waals surface area contributed by atoms with E-state index in [2.05, 4.69) is 5.32 Å². The summed E-state index contributed by atoms with van der Waals surface area (Å²) in [6, 6.07) is 19.4. The fourth-order valence-corrected chi connectivity index (χ4v) is 2.98. The first-order valence-corrected chi connectivity index (χ1v) is 9.54. The lowest BCUT2D eigenvalue weighted by molar-refractivity contribution is 0.104. The van der Waals surface area contributed by atoms with Crippen molar-refractivity contribution in [3.63, 3.8) is 0 Å². The van der Waals surface area contributed by atoms with Crippen LogP contribution in [0.4, 0.5) is 5.69 Å². The van der Waals surface area contributed by atoms with Gasteiger partial charge >= 0.3 is 0 Å². The molecule has 6 heteroatoms. The summed E-state index contributed by atoms with van der Waals surface area (Å²) in [7, 11) is 0. The topological polar surface area (TPSA) is 38.3 Å². The van der Waals surface area contributed by atoms with Gasteiger partial charge in [0.05, 0.1) is 0 Å². The Labute approximate surface area is 178 Å². The van der Waals surface area contributed by atoms with Gasteiger partial charge in [0, 0.05) is 44.2 Å². The van der Waals surface area contributed by atoms with Crippen molar-refractivity contribution in [2.75, 3.05) is 5.32 Å². The van der Waals surface area contributed by atoms with E-state index in [1.54, 1.807) is 54.7 Å². The molecule has 0 aliphatic carbocycles. The molecule has 142 valence electrons. The number of halogens is 3. The summed E-state index contributed by atoms with van der Waals surface area (Å²) in [5.74, 6) is 0.437. The molecule has 3 aromatic carbocycles. The largest absolute Gasteiger partial charge is 0.489 e. The zero-order valence-electron chi connectivity index (χ0n) is 14.7. The highest BCUT2D eigenvalue weighted by atomic mass is 35.5. The summed E-state index contributed by atoms with van der Waals surface area (Å²) in [4.78, 5) is 12.4. The summed E-state index contributed by atoms with van der Waals surface area (Å²) in [5, 5.41) is 4.79. The van der Waals surface area contributed by atoms with Gasteiger partial charge in [-0.05, 0) is 48.5 Å². The average Bonchev–Trinajstić information content (AvgIpc) is 2.69. The van der Waals surface area contributed by atoms with Crippen LogP contribution in [0, 0.1) is 0 Å². The number of nitrogens with one attached hydrogen (secondary N) is 1. The smallest absolute Gasteiger partial charge is 0.187 e. The number of carbonyl (C=O) groups excluding carboxylic acids is 1. The zero-order chi connectivity index (χ0) is 19.9. The lowest BCUT2D eigenvalue weighted by Gasteiger charge is -2.09. The highest BCUT2D eigenvalue weighted by Crippen LogP contribution is 2.23. The van der Waals surface area contributed by atoms with E-state index in [-0.39, 0.29) is 12.4 Å². The molecule has 28 heavy (non-hydrogen) atoms. The van der Waals surface area contributed by atoms with Crippen LogP contribution in [0.3, 0.4) is 0 Å². The predicted octanol–water partition coefficient (Wildman–Crippen LogP) is 7.03. The van der Waals surface area contributed by atoms with Gasteiger partial charge in [-0.3, -0.25) is 4.79 Å². The summed E-state index contributed by atoms with van der Waals surface area (Å²) in [6.07, 6.45) is 3.05. The van der Waals surface area contributed by atoms with Gasteiger partial charge in [0.1, 0.15) is 12.4 Å². The number of ketones is 1. The summed E-state index contributed by atoms with van der Waals surface area (Å²) in [6.45, 7) is 0.279. The van der Waals surface area contributed by atoms with Gasteiger partial charge in [0.2, 0.25) is 0 Å². The molecule has 0 atom stereocenters. The summed E-state index contributed by atoms with van der Waals surface area (Å²) in [5.41, 5.74) is 2.18. The SMILES string of the molecule is O=C(/C=C/Nc1ccc(Cl)cc1)c1cccc(OCc2ccc(Cl)cc2Cl)c1. The molecular weight excluding hydrogens is 417 g/mol. The molecule has 3 nitrogen and oxygen atoms in total. The lowest BCUT2D eigenvalue weighted by Crippen LogP contribution is -1.99. The fraction of sp³-hybridized carbons (Fsp3) is 0.0455. The first-order valence-electron chi connectivity index (χ1n) is 8.41. The highest BCUT2D eigenvalue weighted by Gasteiger charge is 2.06. The molecule has 3 rings (SSSR count). The van der Waals surface area contributed by atoms with Crippen molar-refractivity contribution in [2.24, 2.45) is 0 Å². The first-order chi connectivity index (χ1) is 13.5. The van der Waals surface area contributed by atoms with Crippen LogP contribution >= 0.6 is 34.8 Å². The number of anilines is 1. The van der Waals surface area contributed by atoms with Gasteiger partial charge in [-0.2, -0.15) is 0 Å². The second kappa shape index (κ2) is 9.65. The normalized spacial score (nSPS) is 10.8. The Kier molecular flexibility index (Phi) is 6.99. The molecule has 0 aliphatic rings. The van der Waals surface area contributed by atoms with Gasteiger partial charge in [0.15, 0.2) is 5.78 Å². The predicted molar refractivity (Wildman–Crippen MR) is 116 cm³/mol. The summed E-state index contributed by atoms with van der Waals surface area (Å²) >= 11 is 17.9. The van der Waals surface area contributed by atoms with Crippen LogP contribution in [-0.4, -0.2) is 5.78 Å². The zero-order valence-corrected chi connectivity index (χ0v) is 16.9. The maximum absolute atomic E-state index is 12.4. The van der Waals surface area contributed by atoms with Gasteiger partial charge in [0.25, 0.3) is 0 Å². The molecule has 0 spiro atoms. The van der Waals surface area contributed by atoms with Crippen LogP contribution in [-0.2, 0) is 6.61 Å². The number of hydrogen-bond donors (Lipinski definition) is 1. The molecule has 0 bridgehead atoms. The minimum atomic E-state index is -0.142. The molecule has 0 unspecified atom stereocenters. The Balaban J connectivity index is 1.60. The molecule has 0 saturated carbocycles. The maximum atomic E-state index is 12.4. The lowest BCUT2D eigenvalue weighted by atomic mass is 10.1. The third-order valence-electron chi connectivity index (χ3n) is 3.86. The van der Waals surface area contributed by atoms with Crippen molar-refractivity contribution < 1.29 is 9.53 Å². The minimum Gasteiger partial charge on any atom is -0.489 e. The van der Waals surface area contributed by atoms with Crippen molar-refractivity contribution in [3.05, 3.63) is 105 Å². The second-order valence-electron chi connectivity index (χ2n) is 5.90. The molecule has 0 fully saturated rings. The summed E-state index contributed by atoms with van der Waals surface area (Å²) < 4.78 is 5.76. The fourth-order valence-electron chi connectivity index (χ4n) is 2.39. The van der Waals surface area contributed by atoms with Crippen LogP contribution in [0.15, 0.2) is 79.0 Å². The van der Waals surface area contributed by atoms with E-state index in [1.807, 2.05) is 18.2 Å². The van der Waals surface area contributed by atoms with Crippen LogP contribution in [0.1, 0.15) is 15.9 Å². The number of benzene rings is 3. The molecular formula is C22H16Cl3NO2. The second-order valence-corrected chi connectivity index (χ2v) is 7.18. The number of ether oxygens (including phenoxy) is 1. The average molecular weight is 433 g/mol. The van der Waals surface area contributed by atoms with Gasteiger partial charge < -0.3 is 10.1 Å². The number of rotatable bonds is 7. The van der Waals surface area contributed by atoms with Gasteiger partial charge in [-0.15, -0.1) is 0 Å². The van der Waals surface area contributed by atoms with E-state index in [4.69, 9.17) is 39.5 Å². The van der Waals surface area contributed by atoms with E-state index in [0.717, 1.165) is 11.3 Å². The highest BCUT2D eigenvalue weighted by molar-refractivity contribution is 6.35. The Bertz CT molecular complexity index is 1000. The van der Waals surface area contributed by atoms with Crippen LogP contribution in [0.5, 0.6) is 5.75 Å². The number of carbonyl (C=O) groups is 1. The number of allylic oxidation sites excluding steroid dienone is 1. The molecule has 0 heterocycles. The van der Waals surface area contributed by atoms with E-state index in [1.165, 1.54) is 6.08 Å². The van der Waals surface area contributed by atoms with Crippen molar-refractivity contribution in [1.82, 2.24) is 0 Å². The van der Waals surface area contributed by atoms with Gasteiger partial charge in [-0.1, -0.05) is 53.0 Å². The Hall–Kier alpha value is -2.46. The van der Waals surface area contributed by atoms with E-state index < -0.39 is 0 Å². The molecule has 1 N–H and O–H groups in total. The molecule has 3 aromatic rings. The molecule has 0 radical (unpaired) electrons.